The number of carbonyl (C=O) groups excluding carboxylic acids is 1. The highest BCUT2D eigenvalue weighted by Gasteiger charge is 1.59. The number of hydrogen-bond acceptors (Lipinski definition) is 1. The van der Waals surface area contributed by atoms with E-state index in [4.69, 9.17) is 0 Å². The molecule has 1 amide bonds. The summed E-state index contributed by atoms with van der Waals surface area (Å²) in [6, 6.07) is 0. The SMILES string of the molecule is CC.CC.CCC.CCNC=O. The molecule has 0 rings (SSSR count). The van der Waals surface area contributed by atoms with Crippen LogP contribution in [0.4, 0.5) is 0 Å². The molecule has 0 saturated carbocycles. The first-order valence-electron chi connectivity index (χ1n) is 5.00. The van der Waals surface area contributed by atoms with Gasteiger partial charge in [0.15, 0.2) is 0 Å². The molecular formula is C10H27NO. The van der Waals surface area contributed by atoms with Crippen LogP contribution in [0, 0.1) is 0 Å². The number of nitrogens with one attached hydrogen (secondary N) is 1. The van der Waals surface area contributed by atoms with Crippen molar-refractivity contribution in [3.8, 4) is 0 Å². The molecule has 0 unspecified atom stereocenters. The van der Waals surface area contributed by atoms with Crippen molar-refractivity contribution in [2.45, 2.75) is 54.9 Å². The third kappa shape index (κ3) is 314. The minimum Gasteiger partial charge on any atom is -0.359 e. The summed E-state index contributed by atoms with van der Waals surface area (Å²) in [5.41, 5.74) is 0. The van der Waals surface area contributed by atoms with Crippen molar-refractivity contribution in [2.24, 2.45) is 0 Å². The highest BCUT2D eigenvalue weighted by Crippen LogP contribution is 1.56. The van der Waals surface area contributed by atoms with Crippen molar-refractivity contribution < 1.29 is 4.79 Å². The molecule has 0 saturated heterocycles. The van der Waals surface area contributed by atoms with Crippen molar-refractivity contribution in [1.82, 2.24) is 5.32 Å². The van der Waals surface area contributed by atoms with Gasteiger partial charge in [-0.15, -0.1) is 0 Å². The van der Waals surface area contributed by atoms with Crippen molar-refractivity contribution in [1.29, 1.82) is 0 Å². The van der Waals surface area contributed by atoms with Crippen molar-refractivity contribution in [3.05, 3.63) is 0 Å². The summed E-state index contributed by atoms with van der Waals surface area (Å²) < 4.78 is 0. The molecule has 0 heterocycles. The molecule has 0 aromatic rings. The minimum absolute atomic E-state index is 0.681. The van der Waals surface area contributed by atoms with Crippen LogP contribution in [0.3, 0.4) is 0 Å². The molecule has 0 aromatic heterocycles. The molecular weight excluding hydrogens is 150 g/mol. The second-order valence-electron chi connectivity index (χ2n) is 1.38. The third-order valence-corrected chi connectivity index (χ3v) is 0.287. The first-order chi connectivity index (χ1) is 5.83. The molecule has 0 aliphatic carbocycles. The van der Waals surface area contributed by atoms with Gasteiger partial charge in [-0.05, 0) is 6.92 Å². The lowest BCUT2D eigenvalue weighted by Crippen LogP contribution is -2.07. The van der Waals surface area contributed by atoms with E-state index in [-0.39, 0.29) is 0 Å². The maximum absolute atomic E-state index is 9.29. The van der Waals surface area contributed by atoms with Crippen molar-refractivity contribution in [2.75, 3.05) is 6.54 Å². The second kappa shape index (κ2) is 78.0. The molecule has 0 atom stereocenters. The molecule has 0 fully saturated rings. The molecule has 0 aliphatic rings. The Morgan fingerprint density at radius 2 is 1.25 bits per heavy atom. The summed E-state index contributed by atoms with van der Waals surface area (Å²) in [5, 5.41) is 2.43. The maximum atomic E-state index is 9.29. The zero-order valence-electron chi connectivity index (χ0n) is 9.90. The Labute approximate surface area is 78.8 Å². The van der Waals surface area contributed by atoms with E-state index in [1.54, 1.807) is 0 Å². The van der Waals surface area contributed by atoms with Crippen LogP contribution in [0.2, 0.25) is 0 Å². The van der Waals surface area contributed by atoms with E-state index in [1.165, 1.54) is 6.42 Å². The molecule has 0 bridgehead atoms. The molecule has 0 radical (unpaired) electrons. The Hall–Kier alpha value is -0.530. The standard InChI is InChI=1S/C3H7NO.C3H8.2C2H6/c1-2-4-3-5;1-3-2;2*1-2/h3H,2H2,1H3,(H,4,5);3H2,1-2H3;2*1-2H3. The van der Waals surface area contributed by atoms with E-state index in [9.17, 15) is 4.79 Å². The van der Waals surface area contributed by atoms with Gasteiger partial charge in [0.2, 0.25) is 6.41 Å². The Balaban J connectivity index is -0.0000000397. The van der Waals surface area contributed by atoms with Gasteiger partial charge in [-0.25, -0.2) is 0 Å². The van der Waals surface area contributed by atoms with E-state index >= 15 is 0 Å². The summed E-state index contributed by atoms with van der Waals surface area (Å²) >= 11 is 0. The minimum atomic E-state index is 0.681. The predicted molar refractivity (Wildman–Crippen MR) is 58.4 cm³/mol. The average molecular weight is 177 g/mol. The maximum Gasteiger partial charge on any atom is 0.207 e. The van der Waals surface area contributed by atoms with E-state index in [2.05, 4.69) is 19.2 Å². The first kappa shape index (κ1) is 22.5. The number of carbonyl (C=O) groups is 1. The molecule has 78 valence electrons. The summed E-state index contributed by atoms with van der Waals surface area (Å²) in [5.74, 6) is 0. The highest BCUT2D eigenvalue weighted by atomic mass is 16.1. The number of hydrogen-bond donors (Lipinski definition) is 1. The Kier molecular flexibility index (Phi) is 146. The van der Waals surface area contributed by atoms with Crippen molar-refractivity contribution in [3.63, 3.8) is 0 Å². The summed E-state index contributed by atoms with van der Waals surface area (Å²) in [7, 11) is 0. The summed E-state index contributed by atoms with van der Waals surface area (Å²) in [6.07, 6.45) is 1.93. The third-order valence-electron chi connectivity index (χ3n) is 0.287. The fourth-order valence-electron chi connectivity index (χ4n) is 0.0833. The largest absolute Gasteiger partial charge is 0.359 e. The van der Waals surface area contributed by atoms with Crippen molar-refractivity contribution >= 4 is 6.41 Å². The fourth-order valence-corrected chi connectivity index (χ4v) is 0.0833. The van der Waals surface area contributed by atoms with Crippen LogP contribution in [0.1, 0.15) is 54.9 Å². The molecule has 2 heteroatoms. The summed E-state index contributed by atoms with van der Waals surface area (Å²) in [4.78, 5) is 9.29. The smallest absolute Gasteiger partial charge is 0.207 e. The number of amides is 1. The van der Waals surface area contributed by atoms with Crippen LogP contribution in [0.5, 0.6) is 0 Å². The van der Waals surface area contributed by atoms with Crippen LogP contribution >= 0.6 is 0 Å². The van der Waals surface area contributed by atoms with Crippen LogP contribution in [-0.4, -0.2) is 13.0 Å². The predicted octanol–water partition coefficient (Wildman–Crippen LogP) is 3.22. The monoisotopic (exact) mass is 177 g/mol. The molecule has 12 heavy (non-hydrogen) atoms. The van der Waals surface area contributed by atoms with Gasteiger partial charge in [-0.3, -0.25) is 4.79 Å². The molecule has 1 N–H and O–H groups in total. The lowest BCUT2D eigenvalue weighted by molar-refractivity contribution is -0.109. The molecule has 0 aromatic carbocycles. The van der Waals surface area contributed by atoms with Gasteiger partial charge in [0.25, 0.3) is 0 Å². The molecule has 0 aliphatic heterocycles. The number of rotatable bonds is 2. The van der Waals surface area contributed by atoms with Gasteiger partial charge >= 0.3 is 0 Å². The van der Waals surface area contributed by atoms with Gasteiger partial charge in [-0.2, -0.15) is 0 Å². The zero-order valence-corrected chi connectivity index (χ0v) is 9.90. The fraction of sp³-hybridized carbons (Fsp3) is 0.900. The normalized spacial score (nSPS) is 5.25. The Morgan fingerprint density at radius 1 is 1.00 bits per heavy atom. The quantitative estimate of drug-likeness (QED) is 0.645. The van der Waals surface area contributed by atoms with Crippen LogP contribution in [0.15, 0.2) is 0 Å². The highest BCUT2D eigenvalue weighted by molar-refractivity contribution is 5.45. The van der Waals surface area contributed by atoms with Gasteiger partial charge in [-0.1, -0.05) is 48.0 Å². The zero-order chi connectivity index (χ0) is 10.8. The molecule has 2 nitrogen and oxygen atoms in total. The second-order valence-corrected chi connectivity index (χ2v) is 1.38. The van der Waals surface area contributed by atoms with Gasteiger partial charge in [0.05, 0.1) is 0 Å². The van der Waals surface area contributed by atoms with E-state index in [0.717, 1.165) is 6.54 Å². The lowest BCUT2D eigenvalue weighted by Gasteiger charge is -1.78. The lowest BCUT2D eigenvalue weighted by atomic mass is 10.6. The average Bonchev–Trinajstić information content (AvgIpc) is 2.14. The van der Waals surface area contributed by atoms with Crippen LogP contribution in [-0.2, 0) is 4.79 Å². The van der Waals surface area contributed by atoms with Gasteiger partial charge < -0.3 is 5.32 Å². The Bertz CT molecular complexity index is 38.8. The van der Waals surface area contributed by atoms with Crippen LogP contribution in [0.25, 0.3) is 0 Å². The first-order valence-corrected chi connectivity index (χ1v) is 5.00. The van der Waals surface area contributed by atoms with Crippen LogP contribution < -0.4 is 5.32 Å². The van der Waals surface area contributed by atoms with Gasteiger partial charge in [0, 0.05) is 6.54 Å². The summed E-state index contributed by atoms with van der Waals surface area (Å²) in [6.45, 7) is 14.8. The van der Waals surface area contributed by atoms with E-state index < -0.39 is 0 Å². The molecule has 0 spiro atoms. The van der Waals surface area contributed by atoms with Gasteiger partial charge in [0.1, 0.15) is 0 Å². The topological polar surface area (TPSA) is 29.1 Å². The Morgan fingerprint density at radius 3 is 1.25 bits per heavy atom. The van der Waals surface area contributed by atoms with E-state index in [1.807, 2.05) is 34.6 Å². The van der Waals surface area contributed by atoms with E-state index in [0.29, 0.717) is 6.41 Å².